The van der Waals surface area contributed by atoms with Crippen molar-refractivity contribution < 1.29 is 19.1 Å². The number of halogens is 2. The minimum absolute atomic E-state index is 0.215. The van der Waals surface area contributed by atoms with Crippen molar-refractivity contribution in [2.24, 2.45) is 5.16 Å². The van der Waals surface area contributed by atoms with E-state index < -0.39 is 0 Å². The quantitative estimate of drug-likeness (QED) is 0.533. The van der Waals surface area contributed by atoms with Crippen LogP contribution in [-0.2, 0) is 9.63 Å². The molecule has 25 heavy (non-hydrogen) atoms. The second-order valence-electron chi connectivity index (χ2n) is 4.80. The van der Waals surface area contributed by atoms with Crippen LogP contribution in [-0.4, -0.2) is 32.9 Å². The summed E-state index contributed by atoms with van der Waals surface area (Å²) in [6.45, 7) is -0.215. The number of hydrogen-bond donors (Lipinski definition) is 1. The van der Waals surface area contributed by atoms with Crippen LogP contribution < -0.4 is 14.8 Å². The highest BCUT2D eigenvalue weighted by Crippen LogP contribution is 2.35. The Morgan fingerprint density at radius 2 is 1.96 bits per heavy atom. The van der Waals surface area contributed by atoms with Gasteiger partial charge in [-0.15, -0.1) is 0 Å². The molecule has 6 nitrogen and oxygen atoms in total. The predicted octanol–water partition coefficient (Wildman–Crippen LogP) is 4.11. The molecule has 8 heteroatoms. The molecule has 0 unspecified atom stereocenters. The largest absolute Gasteiger partial charge is 0.493 e. The van der Waals surface area contributed by atoms with Gasteiger partial charge in [0, 0.05) is 15.7 Å². The molecule has 0 aliphatic rings. The lowest BCUT2D eigenvalue weighted by atomic mass is 10.2. The molecule has 1 amide bonds. The molecule has 0 spiro atoms. The summed E-state index contributed by atoms with van der Waals surface area (Å²) in [5, 5.41) is 6.84. The highest BCUT2D eigenvalue weighted by Gasteiger charge is 2.10. The van der Waals surface area contributed by atoms with Crippen molar-refractivity contribution in [3.05, 3.63) is 51.5 Å². The number of amides is 1. The molecule has 0 atom stereocenters. The van der Waals surface area contributed by atoms with Gasteiger partial charge in [-0.2, -0.15) is 0 Å². The monoisotopic (exact) mass is 426 g/mol. The zero-order valence-corrected chi connectivity index (χ0v) is 15.9. The molecule has 132 valence electrons. The fourth-order valence-electron chi connectivity index (χ4n) is 1.94. The number of anilines is 1. The van der Waals surface area contributed by atoms with Gasteiger partial charge in [0.25, 0.3) is 5.91 Å². The zero-order chi connectivity index (χ0) is 18.2. The Morgan fingerprint density at radius 3 is 2.60 bits per heavy atom. The second kappa shape index (κ2) is 9.29. The van der Waals surface area contributed by atoms with E-state index >= 15 is 0 Å². The molecule has 0 bridgehead atoms. The first-order valence-electron chi connectivity index (χ1n) is 7.15. The molecule has 0 saturated heterocycles. The van der Waals surface area contributed by atoms with Gasteiger partial charge in [-0.05, 0) is 36.4 Å². The average Bonchev–Trinajstić information content (AvgIpc) is 2.60. The molecular formula is C17H16BrClN2O4. The summed E-state index contributed by atoms with van der Waals surface area (Å²) in [6.07, 6.45) is 1.43. The van der Waals surface area contributed by atoms with Gasteiger partial charge in [-0.25, -0.2) is 0 Å². The van der Waals surface area contributed by atoms with Gasteiger partial charge in [-0.1, -0.05) is 32.7 Å². The zero-order valence-electron chi connectivity index (χ0n) is 13.6. The molecule has 1 N–H and O–H groups in total. The Bertz CT molecular complexity index is 766. The first kappa shape index (κ1) is 19.1. The van der Waals surface area contributed by atoms with E-state index in [9.17, 15) is 4.79 Å². The molecule has 0 heterocycles. The lowest BCUT2D eigenvalue weighted by Gasteiger charge is -2.09. The fourth-order valence-corrected chi connectivity index (χ4v) is 2.50. The summed E-state index contributed by atoms with van der Waals surface area (Å²) >= 11 is 9.43. The van der Waals surface area contributed by atoms with Crippen LogP contribution in [0.2, 0.25) is 5.02 Å². The lowest BCUT2D eigenvalue weighted by Crippen LogP contribution is -2.16. The highest BCUT2D eigenvalue weighted by molar-refractivity contribution is 9.10. The van der Waals surface area contributed by atoms with Gasteiger partial charge in [-0.3, -0.25) is 4.79 Å². The number of ether oxygens (including phenoxy) is 2. The normalized spacial score (nSPS) is 10.6. The van der Waals surface area contributed by atoms with Crippen molar-refractivity contribution in [3.8, 4) is 11.5 Å². The van der Waals surface area contributed by atoms with E-state index in [1.807, 2.05) is 12.1 Å². The summed E-state index contributed by atoms with van der Waals surface area (Å²) in [5.41, 5.74) is 1.32. The van der Waals surface area contributed by atoms with Gasteiger partial charge in [0.15, 0.2) is 18.1 Å². The smallest absolute Gasteiger partial charge is 0.265 e. The fraction of sp³-hybridized carbons (Fsp3) is 0.176. The van der Waals surface area contributed by atoms with E-state index in [1.54, 1.807) is 24.3 Å². The maximum absolute atomic E-state index is 11.8. The summed E-state index contributed by atoms with van der Waals surface area (Å²) in [7, 11) is 3.02. The summed E-state index contributed by atoms with van der Waals surface area (Å²) in [4.78, 5) is 16.8. The van der Waals surface area contributed by atoms with Crippen LogP contribution in [0.4, 0.5) is 5.69 Å². The topological polar surface area (TPSA) is 69.2 Å². The van der Waals surface area contributed by atoms with E-state index in [0.717, 1.165) is 4.47 Å². The van der Waals surface area contributed by atoms with Crippen LogP contribution >= 0.6 is 27.5 Å². The highest BCUT2D eigenvalue weighted by atomic mass is 79.9. The first-order valence-corrected chi connectivity index (χ1v) is 8.33. The summed E-state index contributed by atoms with van der Waals surface area (Å²) < 4.78 is 11.3. The third kappa shape index (κ3) is 5.65. The first-order chi connectivity index (χ1) is 12.0. The van der Waals surface area contributed by atoms with Crippen molar-refractivity contribution in [3.63, 3.8) is 0 Å². The van der Waals surface area contributed by atoms with E-state index in [4.69, 9.17) is 25.9 Å². The van der Waals surface area contributed by atoms with E-state index in [-0.39, 0.29) is 12.5 Å². The number of rotatable bonds is 7. The van der Waals surface area contributed by atoms with E-state index in [1.165, 1.54) is 20.4 Å². The third-order valence-corrected chi connectivity index (χ3v) is 3.87. The van der Waals surface area contributed by atoms with Gasteiger partial charge in [0.1, 0.15) is 0 Å². The van der Waals surface area contributed by atoms with Crippen LogP contribution in [0.25, 0.3) is 0 Å². The number of oxime groups is 1. The van der Waals surface area contributed by atoms with Crippen LogP contribution in [0.3, 0.4) is 0 Å². The Labute approximate surface area is 158 Å². The maximum atomic E-state index is 11.8. The lowest BCUT2D eigenvalue weighted by molar-refractivity contribution is -0.120. The summed E-state index contributed by atoms with van der Waals surface area (Å²) in [6, 6.07) is 10.6. The van der Waals surface area contributed by atoms with Crippen LogP contribution in [0.15, 0.2) is 46.0 Å². The van der Waals surface area contributed by atoms with Crippen LogP contribution in [0.1, 0.15) is 5.56 Å². The third-order valence-electron chi connectivity index (χ3n) is 3.06. The van der Waals surface area contributed by atoms with E-state index in [2.05, 4.69) is 26.4 Å². The standard InChI is InChI=1S/C17H16BrClN2O4/c1-23-15-8-11(7-14(19)17(15)24-2)9-20-25-10-16(22)21-13-5-3-12(18)4-6-13/h3-9H,10H2,1-2H3,(H,21,22)/b20-9+. The number of methoxy groups -OCH3 is 2. The van der Waals surface area contributed by atoms with Crippen molar-refractivity contribution >= 4 is 45.3 Å². The van der Waals surface area contributed by atoms with E-state index in [0.29, 0.717) is 27.8 Å². The molecule has 0 saturated carbocycles. The van der Waals surface area contributed by atoms with Crippen molar-refractivity contribution in [2.75, 3.05) is 26.1 Å². The molecule has 2 aromatic carbocycles. The Hall–Kier alpha value is -2.25. The van der Waals surface area contributed by atoms with Gasteiger partial charge in [0.2, 0.25) is 0 Å². The Kier molecular flexibility index (Phi) is 7.09. The van der Waals surface area contributed by atoms with Gasteiger partial charge < -0.3 is 19.6 Å². The molecule has 2 rings (SSSR count). The van der Waals surface area contributed by atoms with Crippen molar-refractivity contribution in [1.29, 1.82) is 0 Å². The number of nitrogens with one attached hydrogen (secondary N) is 1. The van der Waals surface area contributed by atoms with Crippen LogP contribution in [0.5, 0.6) is 11.5 Å². The Morgan fingerprint density at radius 1 is 1.24 bits per heavy atom. The second-order valence-corrected chi connectivity index (χ2v) is 6.12. The van der Waals surface area contributed by atoms with Crippen LogP contribution in [0, 0.1) is 0 Å². The Balaban J connectivity index is 1.89. The average molecular weight is 428 g/mol. The molecule has 0 aromatic heterocycles. The number of carbonyl (C=O) groups is 1. The molecular weight excluding hydrogens is 412 g/mol. The number of nitrogens with zero attached hydrogens (tertiary/aromatic N) is 1. The molecule has 2 aromatic rings. The van der Waals surface area contributed by atoms with Gasteiger partial charge in [0.05, 0.1) is 25.5 Å². The number of benzene rings is 2. The van der Waals surface area contributed by atoms with Crippen molar-refractivity contribution in [2.45, 2.75) is 0 Å². The minimum Gasteiger partial charge on any atom is -0.493 e. The predicted molar refractivity (Wildman–Crippen MR) is 101 cm³/mol. The molecule has 0 aliphatic heterocycles. The SMILES string of the molecule is COc1cc(/C=N/OCC(=O)Nc2ccc(Br)cc2)cc(Cl)c1OC. The van der Waals surface area contributed by atoms with Crippen molar-refractivity contribution in [1.82, 2.24) is 0 Å². The summed E-state index contributed by atoms with van der Waals surface area (Å²) in [5.74, 6) is 0.602. The molecule has 0 radical (unpaired) electrons. The number of hydrogen-bond acceptors (Lipinski definition) is 5. The van der Waals surface area contributed by atoms with Gasteiger partial charge >= 0.3 is 0 Å². The molecule has 0 fully saturated rings. The molecule has 0 aliphatic carbocycles. The maximum Gasteiger partial charge on any atom is 0.265 e. The minimum atomic E-state index is -0.315. The number of carbonyl (C=O) groups excluding carboxylic acids is 1.